The van der Waals surface area contributed by atoms with Gasteiger partial charge in [-0.1, -0.05) is 6.07 Å². The van der Waals surface area contributed by atoms with Gasteiger partial charge in [-0.2, -0.15) is 0 Å². The van der Waals surface area contributed by atoms with E-state index in [2.05, 4.69) is 11.4 Å². The molecule has 0 spiro atoms. The van der Waals surface area contributed by atoms with E-state index in [9.17, 15) is 4.79 Å². The van der Waals surface area contributed by atoms with Gasteiger partial charge in [-0.15, -0.1) is 23.1 Å². The summed E-state index contributed by atoms with van der Waals surface area (Å²) in [6.45, 7) is 2.44. The monoisotopic (exact) mass is 295 g/mol. The second-order valence-corrected chi connectivity index (χ2v) is 6.35. The van der Waals surface area contributed by atoms with Gasteiger partial charge in [0.15, 0.2) is 0 Å². The summed E-state index contributed by atoms with van der Waals surface area (Å²) < 4.78 is 5.47. The predicted octanol–water partition coefficient (Wildman–Crippen LogP) is 3.54. The van der Waals surface area contributed by atoms with Crippen molar-refractivity contribution < 1.29 is 9.21 Å². The molecule has 2 heterocycles. The fourth-order valence-corrected chi connectivity index (χ4v) is 3.44. The van der Waals surface area contributed by atoms with Gasteiger partial charge in [-0.3, -0.25) is 4.79 Å². The molecule has 0 fully saturated rings. The Morgan fingerprint density at radius 3 is 2.89 bits per heavy atom. The SMILES string of the molecule is Cc1ccc(CN(C)C(=O)CSCc2cccs2)o1. The van der Waals surface area contributed by atoms with Crippen LogP contribution in [0.4, 0.5) is 0 Å². The molecular formula is C14H17NO2S2. The van der Waals surface area contributed by atoms with Crippen molar-refractivity contribution in [2.24, 2.45) is 0 Å². The van der Waals surface area contributed by atoms with E-state index in [1.807, 2.05) is 32.2 Å². The van der Waals surface area contributed by atoms with Gasteiger partial charge >= 0.3 is 0 Å². The third-order valence-electron chi connectivity index (χ3n) is 2.66. The lowest BCUT2D eigenvalue weighted by Gasteiger charge is -2.15. The van der Waals surface area contributed by atoms with E-state index >= 15 is 0 Å². The molecule has 0 radical (unpaired) electrons. The maximum atomic E-state index is 11.9. The quantitative estimate of drug-likeness (QED) is 0.817. The number of nitrogens with zero attached hydrogens (tertiary/aromatic N) is 1. The molecule has 1 amide bonds. The fourth-order valence-electron chi connectivity index (χ4n) is 1.64. The minimum Gasteiger partial charge on any atom is -0.464 e. The van der Waals surface area contributed by atoms with Crippen molar-refractivity contribution in [2.45, 2.75) is 19.2 Å². The average Bonchev–Trinajstić information content (AvgIpc) is 3.01. The highest BCUT2D eigenvalue weighted by Crippen LogP contribution is 2.17. The predicted molar refractivity (Wildman–Crippen MR) is 80.4 cm³/mol. The first-order chi connectivity index (χ1) is 9.15. The zero-order chi connectivity index (χ0) is 13.7. The number of hydrogen-bond donors (Lipinski definition) is 0. The molecule has 2 rings (SSSR count). The number of hydrogen-bond acceptors (Lipinski definition) is 4. The summed E-state index contributed by atoms with van der Waals surface area (Å²) in [4.78, 5) is 15.0. The van der Waals surface area contributed by atoms with Crippen LogP contribution >= 0.6 is 23.1 Å². The molecule has 0 saturated carbocycles. The van der Waals surface area contributed by atoms with Crippen LogP contribution in [0.15, 0.2) is 34.1 Å². The molecule has 0 aliphatic rings. The number of amides is 1. The van der Waals surface area contributed by atoms with Gasteiger partial charge in [0.2, 0.25) is 5.91 Å². The molecule has 0 aliphatic heterocycles. The van der Waals surface area contributed by atoms with E-state index < -0.39 is 0 Å². The molecule has 0 aliphatic carbocycles. The summed E-state index contributed by atoms with van der Waals surface area (Å²) in [6, 6.07) is 7.96. The van der Waals surface area contributed by atoms with E-state index in [1.165, 1.54) is 4.88 Å². The van der Waals surface area contributed by atoms with Gasteiger partial charge in [-0.25, -0.2) is 0 Å². The lowest BCUT2D eigenvalue weighted by atomic mass is 10.4. The van der Waals surface area contributed by atoms with Gasteiger partial charge in [-0.05, 0) is 30.5 Å². The number of aryl methyl sites for hydroxylation is 1. The summed E-state index contributed by atoms with van der Waals surface area (Å²) >= 11 is 3.38. The minimum absolute atomic E-state index is 0.135. The van der Waals surface area contributed by atoms with Crippen molar-refractivity contribution in [1.29, 1.82) is 0 Å². The van der Waals surface area contributed by atoms with Crippen LogP contribution in [0.3, 0.4) is 0 Å². The zero-order valence-corrected chi connectivity index (χ0v) is 12.7. The lowest BCUT2D eigenvalue weighted by molar-refractivity contribution is -0.127. The molecule has 2 aromatic rings. The van der Waals surface area contributed by atoms with Crippen molar-refractivity contribution in [3.05, 3.63) is 46.0 Å². The molecule has 2 aromatic heterocycles. The van der Waals surface area contributed by atoms with Crippen molar-refractivity contribution in [3.63, 3.8) is 0 Å². The summed E-state index contributed by atoms with van der Waals surface area (Å²) in [6.07, 6.45) is 0. The normalized spacial score (nSPS) is 10.6. The van der Waals surface area contributed by atoms with Crippen molar-refractivity contribution in [1.82, 2.24) is 4.90 Å². The number of furan rings is 1. The summed E-state index contributed by atoms with van der Waals surface area (Å²) in [7, 11) is 1.81. The molecule has 0 N–H and O–H groups in total. The Hall–Kier alpha value is -1.20. The van der Waals surface area contributed by atoms with E-state index in [0.29, 0.717) is 12.3 Å². The molecule has 0 aromatic carbocycles. The Morgan fingerprint density at radius 1 is 1.42 bits per heavy atom. The average molecular weight is 295 g/mol. The molecular weight excluding hydrogens is 278 g/mol. The summed E-state index contributed by atoms with van der Waals surface area (Å²) in [5, 5.41) is 2.06. The Labute approximate surface area is 121 Å². The summed E-state index contributed by atoms with van der Waals surface area (Å²) in [5.41, 5.74) is 0. The molecule has 0 bridgehead atoms. The van der Waals surface area contributed by atoms with Gasteiger partial charge in [0.1, 0.15) is 11.5 Å². The Balaban J connectivity index is 1.73. The van der Waals surface area contributed by atoms with Crippen LogP contribution in [0.1, 0.15) is 16.4 Å². The largest absolute Gasteiger partial charge is 0.464 e. The highest BCUT2D eigenvalue weighted by Gasteiger charge is 2.11. The van der Waals surface area contributed by atoms with Crippen LogP contribution < -0.4 is 0 Å². The van der Waals surface area contributed by atoms with Crippen LogP contribution in [0.2, 0.25) is 0 Å². The third kappa shape index (κ3) is 4.44. The van der Waals surface area contributed by atoms with E-state index in [4.69, 9.17) is 4.42 Å². The molecule has 0 unspecified atom stereocenters. The second-order valence-electron chi connectivity index (χ2n) is 4.33. The highest BCUT2D eigenvalue weighted by atomic mass is 32.2. The lowest BCUT2D eigenvalue weighted by Crippen LogP contribution is -2.27. The molecule has 5 heteroatoms. The topological polar surface area (TPSA) is 33.5 Å². The van der Waals surface area contributed by atoms with Crippen LogP contribution in [-0.2, 0) is 17.1 Å². The molecule has 0 saturated heterocycles. The number of carbonyl (C=O) groups is 1. The van der Waals surface area contributed by atoms with E-state index in [1.54, 1.807) is 28.0 Å². The van der Waals surface area contributed by atoms with Gasteiger partial charge in [0.05, 0.1) is 12.3 Å². The van der Waals surface area contributed by atoms with Crippen LogP contribution in [0.5, 0.6) is 0 Å². The minimum atomic E-state index is 0.135. The van der Waals surface area contributed by atoms with E-state index in [-0.39, 0.29) is 5.91 Å². The van der Waals surface area contributed by atoms with Gasteiger partial charge in [0.25, 0.3) is 0 Å². The zero-order valence-electron chi connectivity index (χ0n) is 11.1. The Kier molecular flexibility index (Phi) is 5.10. The number of thioether (sulfide) groups is 1. The van der Waals surface area contributed by atoms with Crippen LogP contribution in [-0.4, -0.2) is 23.6 Å². The third-order valence-corrected chi connectivity index (χ3v) is 4.69. The maximum Gasteiger partial charge on any atom is 0.232 e. The fraction of sp³-hybridized carbons (Fsp3) is 0.357. The standard InChI is InChI=1S/C14H17NO2S2/c1-11-5-6-12(17-11)8-15(2)14(16)10-18-9-13-4-3-7-19-13/h3-7H,8-10H2,1-2H3. The number of thiophene rings is 1. The Bertz CT molecular complexity index is 519. The summed E-state index contributed by atoms with van der Waals surface area (Å²) in [5.74, 6) is 3.25. The van der Waals surface area contributed by atoms with Crippen molar-refractivity contribution in [2.75, 3.05) is 12.8 Å². The van der Waals surface area contributed by atoms with Gasteiger partial charge < -0.3 is 9.32 Å². The van der Waals surface area contributed by atoms with Crippen molar-refractivity contribution >= 4 is 29.0 Å². The number of rotatable bonds is 6. The molecule has 19 heavy (non-hydrogen) atoms. The van der Waals surface area contributed by atoms with Crippen LogP contribution in [0.25, 0.3) is 0 Å². The Morgan fingerprint density at radius 2 is 2.26 bits per heavy atom. The number of carbonyl (C=O) groups excluding carboxylic acids is 1. The van der Waals surface area contributed by atoms with Crippen LogP contribution in [0, 0.1) is 6.92 Å². The van der Waals surface area contributed by atoms with Crippen molar-refractivity contribution in [3.8, 4) is 0 Å². The molecule has 3 nitrogen and oxygen atoms in total. The smallest absolute Gasteiger partial charge is 0.232 e. The second kappa shape index (κ2) is 6.82. The molecule has 0 atom stereocenters. The first kappa shape index (κ1) is 14.2. The first-order valence-corrected chi connectivity index (χ1v) is 8.08. The maximum absolute atomic E-state index is 11.9. The first-order valence-electron chi connectivity index (χ1n) is 6.04. The molecule has 102 valence electrons. The highest BCUT2D eigenvalue weighted by molar-refractivity contribution is 7.99. The van der Waals surface area contributed by atoms with E-state index in [0.717, 1.165) is 17.3 Å². The van der Waals surface area contributed by atoms with Gasteiger partial charge in [0, 0.05) is 17.7 Å².